The average molecular weight is 516 g/mol. The van der Waals surface area contributed by atoms with Gasteiger partial charge in [0.1, 0.15) is 11.6 Å². The Morgan fingerprint density at radius 2 is 1.41 bits per heavy atom. The first-order valence-corrected chi connectivity index (χ1v) is 13.4. The van der Waals surface area contributed by atoms with E-state index in [1.807, 2.05) is 48.7 Å². The summed E-state index contributed by atoms with van der Waals surface area (Å²) in [5, 5.41) is 3.70. The molecule has 1 saturated heterocycles. The fourth-order valence-electron chi connectivity index (χ4n) is 5.05. The summed E-state index contributed by atoms with van der Waals surface area (Å²) in [5.41, 5.74) is 5.81. The molecule has 0 saturated carbocycles. The zero-order valence-corrected chi connectivity index (χ0v) is 21.7. The summed E-state index contributed by atoms with van der Waals surface area (Å²) in [7, 11) is 0. The minimum absolute atomic E-state index is 0.257. The number of nitrogens with zero attached hydrogens (tertiary/aromatic N) is 4. The van der Waals surface area contributed by atoms with Gasteiger partial charge in [0, 0.05) is 60.8 Å². The summed E-state index contributed by atoms with van der Waals surface area (Å²) < 4.78 is 13.5. The van der Waals surface area contributed by atoms with Crippen LogP contribution in [0, 0.1) is 5.82 Å². The molecule has 6 rings (SSSR count). The molecule has 3 aromatic carbocycles. The molecule has 0 spiro atoms. The molecule has 0 unspecified atom stereocenters. The van der Waals surface area contributed by atoms with Gasteiger partial charge in [-0.2, -0.15) is 0 Å². The van der Waals surface area contributed by atoms with Gasteiger partial charge in [0.05, 0.1) is 5.69 Å². The molecule has 1 aliphatic rings. The van der Waals surface area contributed by atoms with Crippen molar-refractivity contribution in [3.63, 3.8) is 0 Å². The number of pyridine rings is 1. The molecule has 0 bridgehead atoms. The molecule has 0 radical (unpaired) electrons. The van der Waals surface area contributed by atoms with Crippen LogP contribution in [0.2, 0.25) is 0 Å². The molecule has 0 aliphatic carbocycles. The van der Waals surface area contributed by atoms with Gasteiger partial charge < -0.3 is 5.32 Å². The maximum atomic E-state index is 13.5. The molecule has 2 aromatic heterocycles. The van der Waals surface area contributed by atoms with Gasteiger partial charge in [-0.05, 0) is 42.2 Å². The van der Waals surface area contributed by atoms with E-state index in [1.165, 1.54) is 17.7 Å². The molecular formula is C33H30FN5. The molecule has 1 aliphatic heterocycles. The van der Waals surface area contributed by atoms with Crippen LogP contribution < -0.4 is 5.32 Å². The van der Waals surface area contributed by atoms with Gasteiger partial charge in [0.2, 0.25) is 0 Å². The number of nitrogens with one attached hydrogen (secondary N) is 1. The lowest BCUT2D eigenvalue weighted by Gasteiger charge is -2.32. The number of rotatable bonds is 7. The topological polar surface area (TPSA) is 53.9 Å². The number of anilines is 1. The van der Waals surface area contributed by atoms with Crippen LogP contribution in [-0.4, -0.2) is 39.0 Å². The second kappa shape index (κ2) is 11.5. The van der Waals surface area contributed by atoms with Crippen molar-refractivity contribution < 1.29 is 4.39 Å². The lowest BCUT2D eigenvalue weighted by atomic mass is 10.0. The van der Waals surface area contributed by atoms with Gasteiger partial charge in [0.25, 0.3) is 0 Å². The molecule has 0 amide bonds. The first kappa shape index (κ1) is 24.9. The average Bonchev–Trinajstić information content (AvgIpc) is 2.99. The minimum atomic E-state index is -0.257. The molecule has 39 heavy (non-hydrogen) atoms. The standard InChI is InChI=1S/C33H30FN5/c34-29-13-11-25(12-14-29)27-19-28(22-35-21-27)31-20-32(38-33(37-31)26-9-5-2-6-10-26)36-30-15-17-39(18-16-30)23-24-7-3-1-4-8-24/h1-14,19-22,30H,15-18,23H2,(H,36,37,38). The Morgan fingerprint density at radius 3 is 2.15 bits per heavy atom. The predicted octanol–water partition coefficient (Wildman–Crippen LogP) is 7.09. The van der Waals surface area contributed by atoms with E-state index in [1.54, 1.807) is 18.3 Å². The summed E-state index contributed by atoms with van der Waals surface area (Å²) >= 11 is 0. The van der Waals surface area contributed by atoms with Crippen LogP contribution in [0.4, 0.5) is 10.2 Å². The van der Waals surface area contributed by atoms with Crippen LogP contribution in [0.3, 0.4) is 0 Å². The van der Waals surface area contributed by atoms with Crippen molar-refractivity contribution in [3.05, 3.63) is 121 Å². The third kappa shape index (κ3) is 6.19. The Balaban J connectivity index is 1.25. The van der Waals surface area contributed by atoms with E-state index < -0.39 is 0 Å². The first-order chi connectivity index (χ1) is 19.2. The lowest BCUT2D eigenvalue weighted by molar-refractivity contribution is 0.211. The summed E-state index contributed by atoms with van der Waals surface area (Å²) in [6.45, 7) is 3.07. The number of aromatic nitrogens is 3. The van der Waals surface area contributed by atoms with Crippen molar-refractivity contribution in [2.24, 2.45) is 0 Å². The van der Waals surface area contributed by atoms with Crippen molar-refractivity contribution in [1.82, 2.24) is 19.9 Å². The van der Waals surface area contributed by atoms with Crippen molar-refractivity contribution in [3.8, 4) is 33.8 Å². The number of benzene rings is 3. The highest BCUT2D eigenvalue weighted by atomic mass is 19.1. The van der Waals surface area contributed by atoms with E-state index in [-0.39, 0.29) is 5.82 Å². The van der Waals surface area contributed by atoms with Crippen LogP contribution in [0.1, 0.15) is 18.4 Å². The second-order valence-electron chi connectivity index (χ2n) is 9.98. The van der Waals surface area contributed by atoms with Gasteiger partial charge in [0.15, 0.2) is 5.82 Å². The van der Waals surface area contributed by atoms with Crippen molar-refractivity contribution >= 4 is 5.82 Å². The Labute approximate surface area is 228 Å². The van der Waals surface area contributed by atoms with Crippen molar-refractivity contribution in [2.75, 3.05) is 18.4 Å². The Bertz CT molecular complexity index is 1520. The smallest absolute Gasteiger partial charge is 0.162 e. The number of piperidine rings is 1. The van der Waals surface area contributed by atoms with E-state index >= 15 is 0 Å². The minimum Gasteiger partial charge on any atom is -0.367 e. The van der Waals surface area contributed by atoms with Crippen LogP contribution >= 0.6 is 0 Å². The lowest BCUT2D eigenvalue weighted by Crippen LogP contribution is -2.38. The quantitative estimate of drug-likeness (QED) is 0.251. The van der Waals surface area contributed by atoms with E-state index in [0.717, 1.165) is 66.2 Å². The van der Waals surface area contributed by atoms with E-state index in [2.05, 4.69) is 45.5 Å². The number of halogens is 1. The SMILES string of the molecule is Fc1ccc(-c2cncc(-c3cc(NC4CCN(Cc5ccccc5)CC4)nc(-c4ccccc4)n3)c2)cc1. The molecule has 5 aromatic rings. The van der Waals surface area contributed by atoms with Gasteiger partial charge in [-0.25, -0.2) is 14.4 Å². The molecule has 3 heterocycles. The van der Waals surface area contributed by atoms with Crippen LogP contribution in [0.15, 0.2) is 109 Å². The van der Waals surface area contributed by atoms with E-state index in [4.69, 9.17) is 9.97 Å². The summed E-state index contributed by atoms with van der Waals surface area (Å²) in [5.74, 6) is 1.23. The monoisotopic (exact) mass is 515 g/mol. The van der Waals surface area contributed by atoms with Gasteiger partial charge >= 0.3 is 0 Å². The first-order valence-electron chi connectivity index (χ1n) is 13.4. The van der Waals surface area contributed by atoms with E-state index in [0.29, 0.717) is 11.9 Å². The van der Waals surface area contributed by atoms with Gasteiger partial charge in [-0.15, -0.1) is 0 Å². The fourth-order valence-corrected chi connectivity index (χ4v) is 5.05. The molecule has 6 heteroatoms. The Morgan fingerprint density at radius 1 is 0.718 bits per heavy atom. The molecule has 5 nitrogen and oxygen atoms in total. The van der Waals surface area contributed by atoms with Crippen LogP contribution in [0.5, 0.6) is 0 Å². The molecular weight excluding hydrogens is 485 g/mol. The Hall–Kier alpha value is -4.42. The highest BCUT2D eigenvalue weighted by molar-refractivity contribution is 5.72. The van der Waals surface area contributed by atoms with Crippen LogP contribution in [0.25, 0.3) is 33.8 Å². The zero-order chi connectivity index (χ0) is 26.4. The third-order valence-electron chi connectivity index (χ3n) is 7.16. The number of likely N-dealkylation sites (tertiary alicyclic amines) is 1. The Kier molecular flexibility index (Phi) is 7.36. The summed E-state index contributed by atoms with van der Waals surface area (Å²) in [4.78, 5) is 16.8. The fraction of sp³-hybridized carbons (Fsp3) is 0.182. The van der Waals surface area contributed by atoms with Gasteiger partial charge in [-0.3, -0.25) is 9.88 Å². The largest absolute Gasteiger partial charge is 0.367 e. The molecule has 0 atom stereocenters. The second-order valence-corrected chi connectivity index (χ2v) is 9.98. The van der Waals surface area contributed by atoms with Crippen molar-refractivity contribution in [1.29, 1.82) is 0 Å². The highest BCUT2D eigenvalue weighted by Gasteiger charge is 2.20. The predicted molar refractivity (Wildman–Crippen MR) is 154 cm³/mol. The number of hydrogen-bond acceptors (Lipinski definition) is 5. The summed E-state index contributed by atoms with van der Waals surface area (Å²) in [6, 6.07) is 31.6. The summed E-state index contributed by atoms with van der Waals surface area (Å²) in [6.07, 6.45) is 5.71. The molecule has 1 N–H and O–H groups in total. The van der Waals surface area contributed by atoms with E-state index in [9.17, 15) is 4.39 Å². The maximum Gasteiger partial charge on any atom is 0.162 e. The van der Waals surface area contributed by atoms with Gasteiger partial charge in [-0.1, -0.05) is 72.8 Å². The molecule has 194 valence electrons. The number of hydrogen-bond donors (Lipinski definition) is 1. The molecule has 1 fully saturated rings. The van der Waals surface area contributed by atoms with Crippen molar-refractivity contribution in [2.45, 2.75) is 25.4 Å². The van der Waals surface area contributed by atoms with Crippen LogP contribution in [-0.2, 0) is 6.54 Å². The highest BCUT2D eigenvalue weighted by Crippen LogP contribution is 2.29. The normalized spacial score (nSPS) is 14.3. The zero-order valence-electron chi connectivity index (χ0n) is 21.7. The maximum absolute atomic E-state index is 13.5. The third-order valence-corrected chi connectivity index (χ3v) is 7.16.